The second kappa shape index (κ2) is 5.54. The molecule has 1 N–H and O–H groups in total. The molecule has 2 heterocycles. The molecular weight excluding hydrogens is 250 g/mol. The molecule has 0 aromatic heterocycles. The zero-order chi connectivity index (χ0) is 14.1. The summed E-state index contributed by atoms with van der Waals surface area (Å²) in [6.45, 7) is 3.56. The van der Waals surface area contributed by atoms with E-state index < -0.39 is 0 Å². The maximum atomic E-state index is 12.6. The summed E-state index contributed by atoms with van der Waals surface area (Å²) in [6.07, 6.45) is 2.15. The lowest BCUT2D eigenvalue weighted by atomic mass is 10.0. The van der Waals surface area contributed by atoms with Crippen molar-refractivity contribution in [2.24, 2.45) is 0 Å². The first-order valence-corrected chi connectivity index (χ1v) is 7.43. The van der Waals surface area contributed by atoms with E-state index in [-0.39, 0.29) is 5.91 Å². The summed E-state index contributed by atoms with van der Waals surface area (Å²) in [7, 11) is 4.24. The van der Waals surface area contributed by atoms with Gasteiger partial charge in [0.05, 0.1) is 0 Å². The van der Waals surface area contributed by atoms with E-state index in [0.29, 0.717) is 6.04 Å². The van der Waals surface area contributed by atoms with Crippen LogP contribution in [0.2, 0.25) is 0 Å². The van der Waals surface area contributed by atoms with Crippen molar-refractivity contribution in [3.63, 3.8) is 0 Å². The number of carbonyl (C=O) groups is 1. The van der Waals surface area contributed by atoms with Crippen LogP contribution in [-0.4, -0.2) is 48.9 Å². The van der Waals surface area contributed by atoms with E-state index >= 15 is 0 Å². The van der Waals surface area contributed by atoms with E-state index in [1.165, 1.54) is 11.1 Å². The Morgan fingerprint density at radius 3 is 2.60 bits per heavy atom. The first-order chi connectivity index (χ1) is 9.65. The summed E-state index contributed by atoms with van der Waals surface area (Å²) < 4.78 is 0. The molecule has 108 valence electrons. The quantitative estimate of drug-likeness (QED) is 0.886. The molecule has 4 heteroatoms. The normalized spacial score (nSPS) is 19.4. The number of hydrogen-bond donors (Lipinski definition) is 1. The van der Waals surface area contributed by atoms with Crippen molar-refractivity contribution < 1.29 is 4.79 Å². The number of nitrogens with one attached hydrogen (secondary N) is 1. The van der Waals surface area contributed by atoms with Crippen LogP contribution in [-0.2, 0) is 13.1 Å². The molecule has 0 radical (unpaired) electrons. The number of likely N-dealkylation sites (tertiary alicyclic amines) is 1. The van der Waals surface area contributed by atoms with Crippen molar-refractivity contribution >= 4 is 5.91 Å². The summed E-state index contributed by atoms with van der Waals surface area (Å²) >= 11 is 0. The molecule has 1 aromatic rings. The molecule has 4 nitrogen and oxygen atoms in total. The minimum absolute atomic E-state index is 0.192. The Morgan fingerprint density at radius 2 is 1.90 bits per heavy atom. The predicted octanol–water partition coefficient (Wildman–Crippen LogP) is 1.46. The number of piperidine rings is 1. The molecular formula is C16H23N3O. The Hall–Kier alpha value is -1.39. The average Bonchev–Trinajstić information content (AvgIpc) is 2.94. The van der Waals surface area contributed by atoms with Crippen molar-refractivity contribution in [1.29, 1.82) is 0 Å². The minimum Gasteiger partial charge on any atom is -0.339 e. The third-order valence-corrected chi connectivity index (χ3v) is 4.57. The van der Waals surface area contributed by atoms with Crippen molar-refractivity contribution in [3.8, 4) is 0 Å². The third kappa shape index (κ3) is 2.58. The zero-order valence-electron chi connectivity index (χ0n) is 12.4. The van der Waals surface area contributed by atoms with Gasteiger partial charge in [-0.15, -0.1) is 0 Å². The number of carbonyl (C=O) groups excluding carboxylic acids is 1. The topological polar surface area (TPSA) is 35.6 Å². The number of hydrogen-bond acceptors (Lipinski definition) is 3. The smallest absolute Gasteiger partial charge is 0.253 e. The molecule has 0 saturated carbocycles. The van der Waals surface area contributed by atoms with Gasteiger partial charge in [0.25, 0.3) is 5.91 Å². The highest BCUT2D eigenvalue weighted by molar-refractivity contribution is 5.94. The van der Waals surface area contributed by atoms with E-state index in [4.69, 9.17) is 0 Å². The Balaban J connectivity index is 1.68. The van der Waals surface area contributed by atoms with E-state index in [1.54, 1.807) is 0 Å². The molecule has 0 bridgehead atoms. The fourth-order valence-corrected chi connectivity index (χ4v) is 3.20. The van der Waals surface area contributed by atoms with Crippen molar-refractivity contribution in [1.82, 2.24) is 15.1 Å². The molecule has 2 aliphatic rings. The van der Waals surface area contributed by atoms with Crippen LogP contribution >= 0.6 is 0 Å². The zero-order valence-corrected chi connectivity index (χ0v) is 12.4. The van der Waals surface area contributed by atoms with Gasteiger partial charge in [-0.05, 0) is 50.2 Å². The van der Waals surface area contributed by atoms with Gasteiger partial charge in [-0.2, -0.15) is 0 Å². The first-order valence-electron chi connectivity index (χ1n) is 7.43. The molecule has 1 fully saturated rings. The van der Waals surface area contributed by atoms with Crippen LogP contribution in [0.25, 0.3) is 0 Å². The van der Waals surface area contributed by atoms with Gasteiger partial charge in [0, 0.05) is 37.8 Å². The first kappa shape index (κ1) is 13.6. The van der Waals surface area contributed by atoms with Gasteiger partial charge in [-0.1, -0.05) is 6.07 Å². The van der Waals surface area contributed by atoms with Crippen LogP contribution in [0, 0.1) is 0 Å². The van der Waals surface area contributed by atoms with Gasteiger partial charge in [-0.3, -0.25) is 4.79 Å². The summed E-state index contributed by atoms with van der Waals surface area (Å²) in [5.74, 6) is 0.192. The fourth-order valence-electron chi connectivity index (χ4n) is 3.20. The van der Waals surface area contributed by atoms with Crippen molar-refractivity contribution in [2.75, 3.05) is 27.2 Å². The molecule has 0 aliphatic carbocycles. The van der Waals surface area contributed by atoms with Crippen LogP contribution in [0.5, 0.6) is 0 Å². The van der Waals surface area contributed by atoms with Crippen LogP contribution in [0.15, 0.2) is 18.2 Å². The highest BCUT2D eigenvalue weighted by Gasteiger charge is 2.25. The van der Waals surface area contributed by atoms with E-state index in [2.05, 4.69) is 36.4 Å². The van der Waals surface area contributed by atoms with Crippen LogP contribution in [0.4, 0.5) is 0 Å². The standard InChI is InChI=1S/C16H23N3O/c1-18(2)15-5-7-19(8-6-15)16(20)12-3-4-13-10-17-11-14(13)9-12/h3-4,9,15,17H,5-8,10-11H2,1-2H3. The lowest BCUT2D eigenvalue weighted by molar-refractivity contribution is 0.0663. The monoisotopic (exact) mass is 273 g/mol. The Labute approximate surface area is 120 Å². The summed E-state index contributed by atoms with van der Waals surface area (Å²) in [4.78, 5) is 16.8. The Morgan fingerprint density at radius 1 is 1.20 bits per heavy atom. The van der Waals surface area contributed by atoms with Gasteiger partial charge >= 0.3 is 0 Å². The largest absolute Gasteiger partial charge is 0.339 e. The van der Waals surface area contributed by atoms with E-state index in [1.807, 2.05) is 11.0 Å². The SMILES string of the molecule is CN(C)C1CCN(C(=O)c2ccc3c(c2)CNC3)CC1. The van der Waals surface area contributed by atoms with Crippen LogP contribution in [0.1, 0.15) is 34.3 Å². The third-order valence-electron chi connectivity index (χ3n) is 4.57. The van der Waals surface area contributed by atoms with Gasteiger partial charge in [0.15, 0.2) is 0 Å². The Kier molecular flexibility index (Phi) is 3.76. The predicted molar refractivity (Wildman–Crippen MR) is 79.6 cm³/mol. The number of nitrogens with zero attached hydrogens (tertiary/aromatic N) is 2. The molecule has 0 spiro atoms. The molecule has 3 rings (SSSR count). The molecule has 1 aromatic carbocycles. The Bertz CT molecular complexity index is 504. The molecule has 1 amide bonds. The lowest BCUT2D eigenvalue weighted by Gasteiger charge is -2.35. The number of benzene rings is 1. The molecule has 2 aliphatic heterocycles. The van der Waals surface area contributed by atoms with Gasteiger partial charge < -0.3 is 15.1 Å². The number of rotatable bonds is 2. The maximum Gasteiger partial charge on any atom is 0.253 e. The highest BCUT2D eigenvalue weighted by Crippen LogP contribution is 2.20. The van der Waals surface area contributed by atoms with Crippen LogP contribution < -0.4 is 5.32 Å². The van der Waals surface area contributed by atoms with Gasteiger partial charge in [0.2, 0.25) is 0 Å². The molecule has 0 unspecified atom stereocenters. The summed E-state index contributed by atoms with van der Waals surface area (Å²) in [5, 5.41) is 3.32. The van der Waals surface area contributed by atoms with Gasteiger partial charge in [-0.25, -0.2) is 0 Å². The van der Waals surface area contributed by atoms with Crippen LogP contribution in [0.3, 0.4) is 0 Å². The number of fused-ring (bicyclic) bond motifs is 1. The second-order valence-corrected chi connectivity index (χ2v) is 6.07. The molecule has 0 atom stereocenters. The maximum absolute atomic E-state index is 12.6. The van der Waals surface area contributed by atoms with Gasteiger partial charge in [0.1, 0.15) is 0 Å². The van der Waals surface area contributed by atoms with Crippen molar-refractivity contribution in [3.05, 3.63) is 34.9 Å². The average molecular weight is 273 g/mol. The van der Waals surface area contributed by atoms with E-state index in [0.717, 1.165) is 44.6 Å². The number of amides is 1. The minimum atomic E-state index is 0.192. The second-order valence-electron chi connectivity index (χ2n) is 6.07. The lowest BCUT2D eigenvalue weighted by Crippen LogP contribution is -2.44. The van der Waals surface area contributed by atoms with E-state index in [9.17, 15) is 4.79 Å². The van der Waals surface area contributed by atoms with Crippen molar-refractivity contribution in [2.45, 2.75) is 32.0 Å². The highest BCUT2D eigenvalue weighted by atomic mass is 16.2. The molecule has 20 heavy (non-hydrogen) atoms. The summed E-state index contributed by atoms with van der Waals surface area (Å²) in [5.41, 5.74) is 3.45. The summed E-state index contributed by atoms with van der Waals surface area (Å²) in [6, 6.07) is 6.75. The molecule has 1 saturated heterocycles. The fraction of sp³-hybridized carbons (Fsp3) is 0.562.